The topological polar surface area (TPSA) is 43.8 Å². The molecular formula is C16H30N2O2. The van der Waals surface area contributed by atoms with E-state index in [0.717, 1.165) is 45.4 Å². The van der Waals surface area contributed by atoms with Crippen LogP contribution in [0.2, 0.25) is 0 Å². The van der Waals surface area contributed by atoms with Crippen LogP contribution in [0.3, 0.4) is 0 Å². The normalized spacial score (nSPS) is 34.1. The van der Waals surface area contributed by atoms with E-state index in [4.69, 9.17) is 0 Å². The maximum absolute atomic E-state index is 11.6. The van der Waals surface area contributed by atoms with E-state index in [1.165, 1.54) is 0 Å². The number of carbonyl (C=O) groups is 1. The van der Waals surface area contributed by atoms with Crippen molar-refractivity contribution < 1.29 is 9.90 Å². The van der Waals surface area contributed by atoms with Crippen LogP contribution >= 0.6 is 0 Å². The van der Waals surface area contributed by atoms with E-state index in [-0.39, 0.29) is 17.4 Å². The van der Waals surface area contributed by atoms with Gasteiger partial charge >= 0.3 is 5.97 Å². The highest BCUT2D eigenvalue weighted by atomic mass is 16.4. The molecule has 1 aliphatic carbocycles. The monoisotopic (exact) mass is 282 g/mol. The fraction of sp³-hybridized carbons (Fsp3) is 0.938. The molecule has 0 aromatic heterocycles. The molecule has 0 amide bonds. The molecule has 1 N–H and O–H groups in total. The fourth-order valence-corrected chi connectivity index (χ4v) is 3.78. The second-order valence-corrected chi connectivity index (χ2v) is 7.73. The lowest BCUT2D eigenvalue weighted by molar-refractivity contribution is -0.147. The molecular weight excluding hydrogens is 252 g/mol. The van der Waals surface area contributed by atoms with Crippen molar-refractivity contribution in [1.29, 1.82) is 0 Å². The van der Waals surface area contributed by atoms with Crippen molar-refractivity contribution in [3.63, 3.8) is 0 Å². The van der Waals surface area contributed by atoms with Crippen molar-refractivity contribution in [3.05, 3.63) is 0 Å². The van der Waals surface area contributed by atoms with E-state index in [2.05, 4.69) is 37.6 Å². The first kappa shape index (κ1) is 15.8. The maximum Gasteiger partial charge on any atom is 0.308 e. The summed E-state index contributed by atoms with van der Waals surface area (Å²) in [6, 6.07) is 0.235. The first-order chi connectivity index (χ1) is 9.29. The number of nitrogens with zero attached hydrogens (tertiary/aromatic N) is 2. The molecule has 2 rings (SSSR count). The van der Waals surface area contributed by atoms with E-state index in [0.29, 0.717) is 5.92 Å². The molecule has 3 atom stereocenters. The minimum Gasteiger partial charge on any atom is -0.481 e. The third kappa shape index (κ3) is 3.53. The van der Waals surface area contributed by atoms with E-state index in [1.807, 2.05) is 0 Å². The van der Waals surface area contributed by atoms with Crippen molar-refractivity contribution in [2.75, 3.05) is 33.2 Å². The maximum atomic E-state index is 11.6. The molecule has 1 heterocycles. The van der Waals surface area contributed by atoms with Gasteiger partial charge < -0.3 is 10.0 Å². The van der Waals surface area contributed by atoms with Gasteiger partial charge in [0, 0.05) is 32.2 Å². The lowest BCUT2D eigenvalue weighted by atomic mass is 9.67. The Balaban J connectivity index is 2.09. The lowest BCUT2D eigenvalue weighted by Gasteiger charge is -2.47. The number of likely N-dealkylation sites (N-methyl/N-ethyl adjacent to an activating group) is 1. The van der Waals surface area contributed by atoms with Gasteiger partial charge in [0.2, 0.25) is 0 Å². The number of rotatable bonds is 2. The molecule has 4 heteroatoms. The Kier molecular flexibility index (Phi) is 4.75. The number of hydrogen-bond donors (Lipinski definition) is 1. The third-order valence-corrected chi connectivity index (χ3v) is 5.37. The summed E-state index contributed by atoms with van der Waals surface area (Å²) in [7, 11) is 2.14. The summed E-state index contributed by atoms with van der Waals surface area (Å²) in [4.78, 5) is 16.4. The van der Waals surface area contributed by atoms with Crippen molar-refractivity contribution in [3.8, 4) is 0 Å². The zero-order valence-corrected chi connectivity index (χ0v) is 13.4. The Morgan fingerprint density at radius 2 is 1.70 bits per heavy atom. The Hall–Kier alpha value is -0.610. The average Bonchev–Trinajstić information content (AvgIpc) is 2.37. The van der Waals surface area contributed by atoms with Crippen molar-refractivity contribution in [1.82, 2.24) is 9.80 Å². The fourth-order valence-electron chi connectivity index (χ4n) is 3.78. The molecule has 0 radical (unpaired) electrons. The molecule has 3 unspecified atom stereocenters. The summed E-state index contributed by atoms with van der Waals surface area (Å²) in [6.45, 7) is 11.0. The molecule has 20 heavy (non-hydrogen) atoms. The predicted octanol–water partition coefficient (Wildman–Crippen LogP) is 2.15. The molecule has 0 spiro atoms. The van der Waals surface area contributed by atoms with Crippen LogP contribution in [0.5, 0.6) is 0 Å². The Labute approximate surface area is 123 Å². The number of carboxylic acid groups (broad SMARTS) is 1. The Bertz CT molecular complexity index is 343. The van der Waals surface area contributed by atoms with E-state index in [1.54, 1.807) is 0 Å². The van der Waals surface area contributed by atoms with Gasteiger partial charge in [-0.2, -0.15) is 0 Å². The minimum atomic E-state index is -0.596. The van der Waals surface area contributed by atoms with Gasteiger partial charge in [0.25, 0.3) is 0 Å². The number of hydrogen-bond acceptors (Lipinski definition) is 3. The van der Waals surface area contributed by atoms with Gasteiger partial charge in [-0.05, 0) is 37.6 Å². The van der Waals surface area contributed by atoms with Crippen LogP contribution in [0, 0.1) is 17.3 Å². The lowest BCUT2D eigenvalue weighted by Crippen LogP contribution is -2.55. The predicted molar refractivity (Wildman–Crippen MR) is 80.8 cm³/mol. The van der Waals surface area contributed by atoms with Gasteiger partial charge in [-0.15, -0.1) is 0 Å². The smallest absolute Gasteiger partial charge is 0.308 e. The quantitative estimate of drug-likeness (QED) is 0.843. The molecule has 2 fully saturated rings. The van der Waals surface area contributed by atoms with Crippen LogP contribution in [-0.2, 0) is 4.79 Å². The van der Waals surface area contributed by atoms with Crippen molar-refractivity contribution in [2.24, 2.45) is 17.3 Å². The van der Waals surface area contributed by atoms with Gasteiger partial charge in [0.1, 0.15) is 0 Å². The van der Waals surface area contributed by atoms with Gasteiger partial charge in [-0.25, -0.2) is 0 Å². The summed E-state index contributed by atoms with van der Waals surface area (Å²) in [5, 5.41) is 9.54. The van der Waals surface area contributed by atoms with Crippen molar-refractivity contribution in [2.45, 2.75) is 46.1 Å². The standard InChI is InChI=1S/C16H30N2O2/c1-16(2,3)12-5-6-13(15(19)20)14(11-12)18-9-7-17(4)8-10-18/h12-14H,5-11H2,1-4H3,(H,19,20). The first-order valence-corrected chi connectivity index (χ1v) is 7.94. The zero-order valence-electron chi connectivity index (χ0n) is 13.4. The molecule has 116 valence electrons. The molecule has 2 aliphatic rings. The molecule has 0 aromatic rings. The molecule has 1 saturated carbocycles. The Morgan fingerprint density at radius 3 is 2.20 bits per heavy atom. The summed E-state index contributed by atoms with van der Waals surface area (Å²) < 4.78 is 0. The first-order valence-electron chi connectivity index (χ1n) is 7.94. The summed E-state index contributed by atoms with van der Waals surface area (Å²) in [5.41, 5.74) is 0.286. The SMILES string of the molecule is CN1CCN(C2CC(C(C)(C)C)CCC2C(=O)O)CC1. The number of piperazine rings is 1. The Morgan fingerprint density at radius 1 is 1.10 bits per heavy atom. The third-order valence-electron chi connectivity index (χ3n) is 5.37. The second kappa shape index (κ2) is 6.02. The summed E-state index contributed by atoms with van der Waals surface area (Å²) in [5.74, 6) is -0.124. The van der Waals surface area contributed by atoms with Gasteiger partial charge in [0.05, 0.1) is 5.92 Å². The van der Waals surface area contributed by atoms with Crippen LogP contribution in [-0.4, -0.2) is 60.1 Å². The molecule has 1 aliphatic heterocycles. The molecule has 0 bridgehead atoms. The second-order valence-electron chi connectivity index (χ2n) is 7.73. The van der Waals surface area contributed by atoms with Crippen LogP contribution in [0.1, 0.15) is 40.0 Å². The highest BCUT2D eigenvalue weighted by Crippen LogP contribution is 2.41. The highest BCUT2D eigenvalue weighted by Gasteiger charge is 2.41. The van der Waals surface area contributed by atoms with E-state index in [9.17, 15) is 9.90 Å². The molecule has 0 aromatic carbocycles. The van der Waals surface area contributed by atoms with Crippen LogP contribution in [0.4, 0.5) is 0 Å². The van der Waals surface area contributed by atoms with Gasteiger partial charge in [-0.3, -0.25) is 9.69 Å². The van der Waals surface area contributed by atoms with E-state index >= 15 is 0 Å². The van der Waals surface area contributed by atoms with Gasteiger partial charge in [-0.1, -0.05) is 20.8 Å². The van der Waals surface area contributed by atoms with Crippen molar-refractivity contribution >= 4 is 5.97 Å². The molecule has 1 saturated heterocycles. The van der Waals surface area contributed by atoms with Gasteiger partial charge in [0.15, 0.2) is 0 Å². The van der Waals surface area contributed by atoms with Crippen LogP contribution in [0.25, 0.3) is 0 Å². The largest absolute Gasteiger partial charge is 0.481 e. The highest BCUT2D eigenvalue weighted by molar-refractivity contribution is 5.71. The summed E-state index contributed by atoms with van der Waals surface area (Å²) in [6.07, 6.45) is 2.95. The zero-order chi connectivity index (χ0) is 14.9. The average molecular weight is 282 g/mol. The molecule has 4 nitrogen and oxygen atoms in total. The number of carboxylic acids is 1. The van der Waals surface area contributed by atoms with Crippen LogP contribution in [0.15, 0.2) is 0 Å². The number of aliphatic carboxylic acids is 1. The minimum absolute atomic E-state index is 0.169. The van der Waals surface area contributed by atoms with Crippen LogP contribution < -0.4 is 0 Å². The van der Waals surface area contributed by atoms with E-state index < -0.39 is 5.97 Å². The summed E-state index contributed by atoms with van der Waals surface area (Å²) >= 11 is 0.